The molecule has 2 rings (SSSR count). The standard InChI is InChI=1S/C14H14O2/c1-2-11-4-3-5-12-8-10(9-14(15)16)6-7-13(11)12/h3-8H,2,9H2,1H3,(H,15,16). The van der Waals surface area contributed by atoms with Gasteiger partial charge in [-0.15, -0.1) is 0 Å². The first kappa shape index (κ1) is 10.7. The van der Waals surface area contributed by atoms with Crippen LogP contribution in [0.1, 0.15) is 18.1 Å². The van der Waals surface area contributed by atoms with Gasteiger partial charge in [-0.3, -0.25) is 4.79 Å². The van der Waals surface area contributed by atoms with Crippen LogP contribution in [0.5, 0.6) is 0 Å². The van der Waals surface area contributed by atoms with Gasteiger partial charge in [0, 0.05) is 0 Å². The number of hydrogen-bond acceptors (Lipinski definition) is 1. The van der Waals surface area contributed by atoms with Gasteiger partial charge in [0.15, 0.2) is 0 Å². The minimum absolute atomic E-state index is 0.0896. The summed E-state index contributed by atoms with van der Waals surface area (Å²) in [6.07, 6.45) is 1.09. The summed E-state index contributed by atoms with van der Waals surface area (Å²) in [6, 6.07) is 12.0. The molecule has 82 valence electrons. The fourth-order valence-corrected chi connectivity index (χ4v) is 1.99. The number of aliphatic carboxylic acids is 1. The minimum atomic E-state index is -0.786. The molecule has 16 heavy (non-hydrogen) atoms. The molecule has 0 radical (unpaired) electrons. The fraction of sp³-hybridized carbons (Fsp3) is 0.214. The Kier molecular flexibility index (Phi) is 2.91. The van der Waals surface area contributed by atoms with Crippen molar-refractivity contribution < 1.29 is 9.90 Å². The average Bonchev–Trinajstić information content (AvgIpc) is 2.27. The number of fused-ring (bicyclic) bond motifs is 1. The molecule has 0 aromatic heterocycles. The molecule has 0 amide bonds. The summed E-state index contributed by atoms with van der Waals surface area (Å²) in [7, 11) is 0. The Morgan fingerprint density at radius 2 is 2.06 bits per heavy atom. The SMILES string of the molecule is CCc1cccc2cc(CC(=O)O)ccc12. The summed E-state index contributed by atoms with van der Waals surface area (Å²) < 4.78 is 0. The van der Waals surface area contributed by atoms with Crippen molar-refractivity contribution in [2.24, 2.45) is 0 Å². The molecule has 2 aromatic carbocycles. The van der Waals surface area contributed by atoms with Gasteiger partial charge >= 0.3 is 5.97 Å². The number of benzene rings is 2. The summed E-state index contributed by atoms with van der Waals surface area (Å²) in [4.78, 5) is 10.6. The molecule has 0 saturated carbocycles. The topological polar surface area (TPSA) is 37.3 Å². The van der Waals surface area contributed by atoms with E-state index >= 15 is 0 Å². The summed E-state index contributed by atoms with van der Waals surface area (Å²) in [5, 5.41) is 11.1. The van der Waals surface area contributed by atoms with E-state index < -0.39 is 5.97 Å². The molecule has 0 bridgehead atoms. The zero-order valence-electron chi connectivity index (χ0n) is 9.23. The van der Waals surface area contributed by atoms with E-state index in [4.69, 9.17) is 5.11 Å². The van der Waals surface area contributed by atoms with Crippen molar-refractivity contribution >= 4 is 16.7 Å². The van der Waals surface area contributed by atoms with Crippen molar-refractivity contribution in [1.82, 2.24) is 0 Å². The monoisotopic (exact) mass is 214 g/mol. The van der Waals surface area contributed by atoms with Gasteiger partial charge in [-0.05, 0) is 28.3 Å². The predicted octanol–water partition coefficient (Wildman–Crippen LogP) is 3.03. The predicted molar refractivity (Wildman–Crippen MR) is 64.7 cm³/mol. The van der Waals surface area contributed by atoms with E-state index in [1.165, 1.54) is 10.9 Å². The zero-order chi connectivity index (χ0) is 11.5. The molecule has 0 atom stereocenters. The smallest absolute Gasteiger partial charge is 0.307 e. The third kappa shape index (κ3) is 2.06. The van der Waals surface area contributed by atoms with Crippen LogP contribution in [0.2, 0.25) is 0 Å². The second-order valence-electron chi connectivity index (χ2n) is 3.90. The lowest BCUT2D eigenvalue weighted by molar-refractivity contribution is -0.136. The van der Waals surface area contributed by atoms with Crippen molar-refractivity contribution in [3.05, 3.63) is 47.5 Å². The van der Waals surface area contributed by atoms with Crippen molar-refractivity contribution in [3.8, 4) is 0 Å². The van der Waals surface area contributed by atoms with Crippen LogP contribution in [-0.4, -0.2) is 11.1 Å². The normalized spacial score (nSPS) is 10.6. The van der Waals surface area contributed by atoms with Crippen molar-refractivity contribution in [1.29, 1.82) is 0 Å². The van der Waals surface area contributed by atoms with Crippen molar-refractivity contribution in [2.75, 3.05) is 0 Å². The number of rotatable bonds is 3. The highest BCUT2D eigenvalue weighted by atomic mass is 16.4. The van der Waals surface area contributed by atoms with Crippen molar-refractivity contribution in [2.45, 2.75) is 19.8 Å². The Morgan fingerprint density at radius 3 is 2.75 bits per heavy atom. The van der Waals surface area contributed by atoms with E-state index in [0.29, 0.717) is 0 Å². The molecule has 0 saturated heterocycles. The summed E-state index contributed by atoms with van der Waals surface area (Å²) in [5.74, 6) is -0.786. The molecule has 0 aliphatic heterocycles. The molecule has 0 fully saturated rings. The maximum absolute atomic E-state index is 10.6. The number of hydrogen-bond donors (Lipinski definition) is 1. The first-order valence-electron chi connectivity index (χ1n) is 5.43. The summed E-state index contributed by atoms with van der Waals surface area (Å²) in [5.41, 5.74) is 2.16. The maximum Gasteiger partial charge on any atom is 0.307 e. The molecule has 0 spiro atoms. The number of aryl methyl sites for hydroxylation is 1. The first-order chi connectivity index (χ1) is 7.70. The third-order valence-electron chi connectivity index (χ3n) is 2.77. The molecule has 0 aliphatic carbocycles. The van der Waals surface area contributed by atoms with Crippen LogP contribution in [0.25, 0.3) is 10.8 Å². The molecule has 1 N–H and O–H groups in total. The van der Waals surface area contributed by atoms with E-state index in [9.17, 15) is 4.79 Å². The Bertz CT molecular complexity index is 529. The van der Waals surface area contributed by atoms with E-state index in [1.54, 1.807) is 0 Å². The van der Waals surface area contributed by atoms with Crippen LogP contribution in [-0.2, 0) is 17.6 Å². The van der Waals surface area contributed by atoms with Crippen molar-refractivity contribution in [3.63, 3.8) is 0 Å². The average molecular weight is 214 g/mol. The molecular weight excluding hydrogens is 200 g/mol. The Hall–Kier alpha value is -1.83. The van der Waals surface area contributed by atoms with Crippen LogP contribution in [0.3, 0.4) is 0 Å². The molecular formula is C14H14O2. The molecule has 2 nitrogen and oxygen atoms in total. The maximum atomic E-state index is 10.6. The van der Waals surface area contributed by atoms with E-state index in [2.05, 4.69) is 13.0 Å². The largest absolute Gasteiger partial charge is 0.481 e. The van der Waals surface area contributed by atoms with E-state index in [1.807, 2.05) is 30.3 Å². The van der Waals surface area contributed by atoms with E-state index in [-0.39, 0.29) is 6.42 Å². The number of carbonyl (C=O) groups is 1. The second kappa shape index (κ2) is 4.35. The molecule has 0 heterocycles. The minimum Gasteiger partial charge on any atom is -0.481 e. The number of carboxylic acid groups (broad SMARTS) is 1. The zero-order valence-corrected chi connectivity index (χ0v) is 9.23. The molecule has 2 heteroatoms. The quantitative estimate of drug-likeness (QED) is 0.852. The van der Waals surface area contributed by atoms with Gasteiger partial charge in [0.1, 0.15) is 0 Å². The van der Waals surface area contributed by atoms with Gasteiger partial charge < -0.3 is 5.11 Å². The molecule has 2 aromatic rings. The van der Waals surface area contributed by atoms with Gasteiger partial charge in [-0.25, -0.2) is 0 Å². The highest BCUT2D eigenvalue weighted by Crippen LogP contribution is 2.21. The Balaban J connectivity index is 2.51. The summed E-state index contributed by atoms with van der Waals surface area (Å²) in [6.45, 7) is 2.12. The lowest BCUT2D eigenvalue weighted by atomic mass is 10.00. The van der Waals surface area contributed by atoms with Crippen LogP contribution in [0.4, 0.5) is 0 Å². The first-order valence-corrected chi connectivity index (χ1v) is 5.43. The Morgan fingerprint density at radius 1 is 1.25 bits per heavy atom. The lowest BCUT2D eigenvalue weighted by Gasteiger charge is -2.05. The van der Waals surface area contributed by atoms with Gasteiger partial charge in [-0.1, -0.05) is 43.3 Å². The highest BCUT2D eigenvalue weighted by molar-refractivity contribution is 5.87. The van der Waals surface area contributed by atoms with Crippen LogP contribution in [0, 0.1) is 0 Å². The lowest BCUT2D eigenvalue weighted by Crippen LogP contribution is -1.99. The molecule has 0 unspecified atom stereocenters. The van der Waals surface area contributed by atoms with Gasteiger partial charge in [0.05, 0.1) is 6.42 Å². The van der Waals surface area contributed by atoms with Crippen LogP contribution >= 0.6 is 0 Å². The summed E-state index contributed by atoms with van der Waals surface area (Å²) >= 11 is 0. The van der Waals surface area contributed by atoms with Crippen LogP contribution < -0.4 is 0 Å². The Labute approximate surface area is 94.5 Å². The van der Waals surface area contributed by atoms with Gasteiger partial charge in [0.2, 0.25) is 0 Å². The highest BCUT2D eigenvalue weighted by Gasteiger charge is 2.03. The molecule has 0 aliphatic rings. The fourth-order valence-electron chi connectivity index (χ4n) is 1.99. The second-order valence-corrected chi connectivity index (χ2v) is 3.90. The number of carboxylic acids is 1. The van der Waals surface area contributed by atoms with E-state index in [0.717, 1.165) is 17.4 Å². The third-order valence-corrected chi connectivity index (χ3v) is 2.77. The van der Waals surface area contributed by atoms with Crippen LogP contribution in [0.15, 0.2) is 36.4 Å². The van der Waals surface area contributed by atoms with Gasteiger partial charge in [0.25, 0.3) is 0 Å². The van der Waals surface area contributed by atoms with Gasteiger partial charge in [-0.2, -0.15) is 0 Å².